The molecule has 0 aliphatic heterocycles. The number of rotatable bonds is 17. The van der Waals surface area contributed by atoms with Crippen LogP contribution in [0.4, 0.5) is 5.95 Å². The van der Waals surface area contributed by atoms with Crippen molar-refractivity contribution in [3.8, 4) is 34.5 Å². The van der Waals surface area contributed by atoms with Crippen molar-refractivity contribution >= 4 is 112 Å². The monoisotopic (exact) mass is 1150 g/mol. The minimum absolute atomic E-state index is 0.0529. The maximum Gasteiger partial charge on any atom is 0.358 e. The molecular weight excluding hydrogens is 1090 g/mol. The van der Waals surface area contributed by atoms with Gasteiger partial charge in [0, 0.05) is 19.6 Å². The van der Waals surface area contributed by atoms with Gasteiger partial charge in [-0.1, -0.05) is 18.2 Å². The second-order valence-electron chi connectivity index (χ2n) is 15.2. The van der Waals surface area contributed by atoms with E-state index in [1.165, 1.54) is 34.0 Å². The van der Waals surface area contributed by atoms with Crippen molar-refractivity contribution < 1.29 is 52.3 Å². The van der Waals surface area contributed by atoms with Crippen LogP contribution in [-0.4, -0.2) is 104 Å². The number of carbonyl (C=O) groups excluding carboxylic acids is 3. The van der Waals surface area contributed by atoms with Crippen LogP contribution in [0.3, 0.4) is 0 Å². The highest BCUT2D eigenvalue weighted by molar-refractivity contribution is 7.18. The van der Waals surface area contributed by atoms with Crippen LogP contribution < -0.4 is 44.8 Å². The van der Waals surface area contributed by atoms with E-state index in [0.29, 0.717) is 87.7 Å². The normalized spacial score (nSPS) is 10.4. The summed E-state index contributed by atoms with van der Waals surface area (Å²) in [7, 11) is 9.55. The molecule has 1 amide bonds. The molecule has 0 aliphatic rings. The van der Waals surface area contributed by atoms with Crippen molar-refractivity contribution in [1.82, 2.24) is 35.2 Å². The van der Waals surface area contributed by atoms with Gasteiger partial charge in [-0.2, -0.15) is 0 Å². The molecule has 4 N–H and O–H groups in total. The van der Waals surface area contributed by atoms with Gasteiger partial charge in [0.2, 0.25) is 16.5 Å². The lowest BCUT2D eigenvalue weighted by Gasteiger charge is -2.11. The molecule has 0 radical (unpaired) electrons. The summed E-state index contributed by atoms with van der Waals surface area (Å²) >= 11 is 15.8. The number of esters is 2. The Morgan fingerprint density at radius 2 is 0.883 bits per heavy atom. The highest BCUT2D eigenvalue weighted by Crippen LogP contribution is 2.31. The number of amides is 1. The molecule has 404 valence electrons. The van der Waals surface area contributed by atoms with E-state index < -0.39 is 11.9 Å². The molecular formula is C52H53Cl2N9O11S3. The highest BCUT2D eigenvalue weighted by Gasteiger charge is 2.19. The van der Waals surface area contributed by atoms with Crippen molar-refractivity contribution in [2.75, 3.05) is 61.2 Å². The second kappa shape index (κ2) is 29.0. The predicted octanol–water partition coefficient (Wildman–Crippen LogP) is 10.5. The molecule has 3 aromatic carbocycles. The van der Waals surface area contributed by atoms with Crippen molar-refractivity contribution in [2.45, 2.75) is 33.5 Å². The lowest BCUT2D eigenvalue weighted by atomic mass is 10.2. The fourth-order valence-corrected chi connectivity index (χ4v) is 9.66. The average molecular weight is 1150 g/mol. The number of nitrogens with two attached hydrogens (primary N) is 1. The predicted molar refractivity (Wildman–Crippen MR) is 299 cm³/mol. The first kappa shape index (κ1) is 58.6. The first-order valence-electron chi connectivity index (χ1n) is 23.1. The lowest BCUT2D eigenvalue weighted by Crippen LogP contribution is -2.24. The number of carbonyl (C=O) groups is 3. The van der Waals surface area contributed by atoms with E-state index in [2.05, 4.69) is 40.5 Å². The SMILES string of the molecule is CCOC(=O)c1nc(Cl)nc2ccsc12.CCOC(=O)c1nc(NCc2ccc(OC)c(OC)c2)nc2ccsc12.COc1ccc(CN)cc1OC.COc1ccc(CNC(=O)c2nc(Cl)nc3ccsc23)cc1OC. The largest absolute Gasteiger partial charge is 0.493 e. The Kier molecular flexibility index (Phi) is 22.1. The Labute approximate surface area is 464 Å². The van der Waals surface area contributed by atoms with Gasteiger partial charge in [-0.05, 0) is 124 Å². The van der Waals surface area contributed by atoms with Crippen LogP contribution >= 0.6 is 57.2 Å². The van der Waals surface area contributed by atoms with Gasteiger partial charge in [0.05, 0.1) is 86.5 Å². The van der Waals surface area contributed by atoms with Crippen LogP contribution in [0.15, 0.2) is 88.9 Å². The smallest absolute Gasteiger partial charge is 0.358 e. The van der Waals surface area contributed by atoms with Gasteiger partial charge in [0.1, 0.15) is 0 Å². The number of methoxy groups -OCH3 is 6. The summed E-state index contributed by atoms with van der Waals surface area (Å²) in [6.45, 7) is 5.43. The molecule has 6 heterocycles. The van der Waals surface area contributed by atoms with Crippen molar-refractivity contribution in [1.29, 1.82) is 0 Å². The number of hydrogen-bond acceptors (Lipinski definition) is 22. The van der Waals surface area contributed by atoms with Crippen molar-refractivity contribution in [3.63, 3.8) is 0 Å². The third-order valence-electron chi connectivity index (χ3n) is 10.5. The van der Waals surface area contributed by atoms with Crippen molar-refractivity contribution in [3.05, 3.63) is 133 Å². The molecule has 9 aromatic rings. The van der Waals surface area contributed by atoms with Gasteiger partial charge in [-0.3, -0.25) is 4.79 Å². The summed E-state index contributed by atoms with van der Waals surface area (Å²) in [5.74, 6) is 3.16. The maximum absolute atomic E-state index is 12.5. The van der Waals surface area contributed by atoms with E-state index >= 15 is 0 Å². The molecule has 77 heavy (non-hydrogen) atoms. The van der Waals surface area contributed by atoms with Crippen LogP contribution in [0.25, 0.3) is 30.6 Å². The molecule has 6 aromatic heterocycles. The number of benzene rings is 3. The number of anilines is 1. The molecule has 0 bridgehead atoms. The Bertz CT molecular complexity index is 3450. The van der Waals surface area contributed by atoms with Gasteiger partial charge in [0.15, 0.2) is 51.6 Å². The first-order chi connectivity index (χ1) is 37.3. The number of nitrogens with zero attached hydrogens (tertiary/aromatic N) is 6. The van der Waals surface area contributed by atoms with Crippen LogP contribution in [0.2, 0.25) is 10.6 Å². The van der Waals surface area contributed by atoms with Gasteiger partial charge in [0.25, 0.3) is 5.91 Å². The minimum Gasteiger partial charge on any atom is -0.493 e. The third kappa shape index (κ3) is 15.5. The number of hydrogen-bond donors (Lipinski definition) is 3. The zero-order valence-corrected chi connectivity index (χ0v) is 46.9. The highest BCUT2D eigenvalue weighted by atomic mass is 35.5. The Morgan fingerprint density at radius 3 is 1.32 bits per heavy atom. The standard InChI is InChI=1S/C18H19N3O4S.C16H14ClN3O3S.C9H7ClN2O2S.C9H13NO2/c1-4-25-17(22)15-16-12(7-8-26-16)20-18(21-15)19-10-11-5-6-13(23-2)14(9-11)24-3;1-22-11-4-3-9(7-12(11)23-2)8-18-15(21)13-14-10(5-6-24-14)19-16(17)20-13;1-2-14-8(13)6-7-5(3-4-15-7)11-9(10)12-6;1-11-8-4-3-7(6-10)5-9(8)12-2/h5-9H,4,10H2,1-3H3,(H,19,20,21);3-7H,8H2,1-2H3,(H,18,21);3-4H,2H2,1H3;3-5H,6,10H2,1-2H3. The fraction of sp³-hybridized carbons (Fsp3) is 0.250. The molecule has 0 saturated carbocycles. The van der Waals surface area contributed by atoms with E-state index in [0.717, 1.165) is 32.9 Å². The van der Waals surface area contributed by atoms with E-state index in [4.69, 9.17) is 66.8 Å². The van der Waals surface area contributed by atoms with Gasteiger partial charge in [-0.25, -0.2) is 39.5 Å². The van der Waals surface area contributed by atoms with E-state index in [9.17, 15) is 14.4 Å². The molecule has 0 spiro atoms. The number of nitrogens with one attached hydrogen (secondary N) is 2. The lowest BCUT2D eigenvalue weighted by molar-refractivity contribution is 0.0513. The van der Waals surface area contributed by atoms with Gasteiger partial charge in [-0.15, -0.1) is 34.0 Å². The number of aromatic nitrogens is 6. The molecule has 0 fully saturated rings. The molecule has 25 heteroatoms. The topological polar surface area (TPSA) is 252 Å². The van der Waals surface area contributed by atoms with Crippen LogP contribution in [-0.2, 0) is 29.1 Å². The molecule has 0 unspecified atom stereocenters. The first-order valence-corrected chi connectivity index (χ1v) is 26.5. The Hall–Kier alpha value is -7.67. The zero-order chi connectivity index (χ0) is 55.4. The summed E-state index contributed by atoms with van der Waals surface area (Å²) in [6.07, 6.45) is 0. The van der Waals surface area contributed by atoms with E-state index in [1.807, 2.05) is 70.7 Å². The molecule has 0 atom stereocenters. The summed E-state index contributed by atoms with van der Waals surface area (Å²) in [5, 5.41) is 11.7. The van der Waals surface area contributed by atoms with Gasteiger partial charge < -0.3 is 54.3 Å². The summed E-state index contributed by atoms with van der Waals surface area (Å²) in [6, 6.07) is 22.2. The number of ether oxygens (including phenoxy) is 8. The average Bonchev–Trinajstić information content (AvgIpc) is 4.26. The summed E-state index contributed by atoms with van der Waals surface area (Å²) < 4.78 is 43.3. The van der Waals surface area contributed by atoms with Crippen LogP contribution in [0.1, 0.15) is 62.0 Å². The Balaban J connectivity index is 0.000000174. The number of fused-ring (bicyclic) bond motifs is 3. The molecule has 0 saturated heterocycles. The zero-order valence-electron chi connectivity index (χ0n) is 42.9. The maximum atomic E-state index is 12.5. The van der Waals surface area contributed by atoms with Gasteiger partial charge >= 0.3 is 11.9 Å². The minimum atomic E-state index is -0.464. The number of thiophene rings is 3. The number of halogens is 2. The summed E-state index contributed by atoms with van der Waals surface area (Å²) in [5.41, 5.74) is 11.2. The third-order valence-corrected chi connectivity index (χ3v) is 13.6. The molecule has 20 nitrogen and oxygen atoms in total. The van der Waals surface area contributed by atoms with Crippen LogP contribution in [0.5, 0.6) is 34.5 Å². The van der Waals surface area contributed by atoms with Crippen LogP contribution in [0, 0.1) is 0 Å². The van der Waals surface area contributed by atoms with E-state index in [-0.39, 0.29) is 33.6 Å². The quantitative estimate of drug-likeness (QED) is 0.0566. The Morgan fingerprint density at radius 1 is 0.494 bits per heavy atom. The fourth-order valence-electron chi connectivity index (χ4n) is 6.88. The van der Waals surface area contributed by atoms with E-state index in [1.54, 1.807) is 74.7 Å². The second-order valence-corrected chi connectivity index (χ2v) is 18.7. The molecule has 0 aliphatic carbocycles. The van der Waals surface area contributed by atoms with Crippen molar-refractivity contribution in [2.24, 2.45) is 5.73 Å². The molecule has 9 rings (SSSR count). The summed E-state index contributed by atoms with van der Waals surface area (Å²) in [4.78, 5) is 61.0.